The molecule has 0 fully saturated rings. The Labute approximate surface area is 92.9 Å². The van der Waals surface area contributed by atoms with Gasteiger partial charge in [-0.15, -0.1) is 0 Å². The van der Waals surface area contributed by atoms with Gasteiger partial charge in [-0.1, -0.05) is 12.1 Å². The Morgan fingerprint density at radius 1 is 1.24 bits per heavy atom. The molecule has 0 atom stereocenters. The summed E-state index contributed by atoms with van der Waals surface area (Å²) in [4.78, 5) is 3.44. The van der Waals surface area contributed by atoms with Gasteiger partial charge in [-0.2, -0.15) is 26.6 Å². The van der Waals surface area contributed by atoms with Gasteiger partial charge in [0.05, 0.1) is 0 Å². The van der Waals surface area contributed by atoms with E-state index in [1.807, 2.05) is 0 Å². The molecule has 1 heterocycles. The highest BCUT2D eigenvalue weighted by molar-refractivity contribution is 7.87. The van der Waals surface area contributed by atoms with Crippen LogP contribution in [0.25, 0.3) is 11.1 Å². The van der Waals surface area contributed by atoms with E-state index in [2.05, 4.69) is 13.6 Å². The largest absolute Gasteiger partial charge is 0.534 e. The zero-order valence-corrected chi connectivity index (χ0v) is 8.75. The first-order chi connectivity index (χ1) is 7.79. The number of rotatable bonds is 2. The van der Waals surface area contributed by atoms with Crippen LogP contribution in [0.5, 0.6) is 6.08 Å². The van der Waals surface area contributed by atoms with Crippen molar-refractivity contribution in [2.45, 2.75) is 5.51 Å². The highest BCUT2D eigenvalue weighted by Gasteiger charge is 2.49. The summed E-state index contributed by atoms with van der Waals surface area (Å²) < 4.78 is 65.7. The minimum atomic E-state index is -5.75. The van der Waals surface area contributed by atoms with E-state index in [1.165, 1.54) is 12.1 Å². The molecule has 2 rings (SSSR count). The van der Waals surface area contributed by atoms with Gasteiger partial charge in [0.2, 0.25) is 0 Å². The number of para-hydroxylation sites is 2. The molecule has 5 nitrogen and oxygen atoms in total. The number of aromatic nitrogens is 1. The van der Waals surface area contributed by atoms with Crippen LogP contribution in [0.4, 0.5) is 13.2 Å². The second kappa shape index (κ2) is 3.62. The van der Waals surface area contributed by atoms with Crippen LogP contribution in [0.1, 0.15) is 0 Å². The lowest BCUT2D eigenvalue weighted by molar-refractivity contribution is -0.0507. The van der Waals surface area contributed by atoms with Crippen molar-refractivity contribution in [3.8, 4) is 6.08 Å². The second-order valence-corrected chi connectivity index (χ2v) is 4.47. The molecule has 0 amide bonds. The Kier molecular flexibility index (Phi) is 2.49. The Bertz CT molecular complexity index is 613. The molecular weight excluding hydrogens is 263 g/mol. The van der Waals surface area contributed by atoms with Crippen molar-refractivity contribution in [2.75, 3.05) is 0 Å². The van der Waals surface area contributed by atoms with Gasteiger partial charge in [0.15, 0.2) is 5.58 Å². The first-order valence-electron chi connectivity index (χ1n) is 4.16. The number of hydrogen-bond donors (Lipinski definition) is 0. The smallest absolute Gasteiger partial charge is 0.408 e. The molecule has 0 N–H and O–H groups in total. The lowest BCUT2D eigenvalue weighted by Crippen LogP contribution is -2.28. The third-order valence-electron chi connectivity index (χ3n) is 1.74. The van der Waals surface area contributed by atoms with Crippen molar-refractivity contribution >= 4 is 21.2 Å². The number of fused-ring (bicyclic) bond motifs is 1. The highest BCUT2D eigenvalue weighted by atomic mass is 32.2. The number of hydrogen-bond acceptors (Lipinski definition) is 5. The van der Waals surface area contributed by atoms with Gasteiger partial charge >= 0.3 is 21.7 Å². The van der Waals surface area contributed by atoms with Crippen molar-refractivity contribution in [3.05, 3.63) is 24.3 Å². The monoisotopic (exact) mass is 267 g/mol. The van der Waals surface area contributed by atoms with Crippen LogP contribution >= 0.6 is 0 Å². The lowest BCUT2D eigenvalue weighted by atomic mass is 10.3. The summed E-state index contributed by atoms with van der Waals surface area (Å²) in [7, 11) is -5.75. The Morgan fingerprint density at radius 2 is 1.88 bits per heavy atom. The molecule has 0 saturated heterocycles. The van der Waals surface area contributed by atoms with Crippen molar-refractivity contribution in [1.82, 2.24) is 4.98 Å². The quantitative estimate of drug-likeness (QED) is 0.615. The zero-order chi connectivity index (χ0) is 12.7. The number of alkyl halides is 3. The lowest BCUT2D eigenvalue weighted by Gasteiger charge is -2.05. The second-order valence-electron chi connectivity index (χ2n) is 2.93. The molecule has 0 radical (unpaired) electrons. The first-order valence-corrected chi connectivity index (χ1v) is 5.57. The normalized spacial score (nSPS) is 12.9. The first kappa shape index (κ1) is 11.7. The molecule has 0 aliphatic rings. The van der Waals surface area contributed by atoms with Crippen LogP contribution < -0.4 is 4.18 Å². The molecule has 0 aliphatic carbocycles. The Balaban J connectivity index is 2.37. The van der Waals surface area contributed by atoms with Gasteiger partial charge in [-0.25, -0.2) is 0 Å². The van der Waals surface area contributed by atoms with Crippen LogP contribution in [-0.4, -0.2) is 18.9 Å². The average molecular weight is 267 g/mol. The molecular formula is C8H4F3NO4S. The molecule has 0 aliphatic heterocycles. The minimum absolute atomic E-state index is 0.125. The molecule has 2 aromatic rings. The van der Waals surface area contributed by atoms with E-state index in [9.17, 15) is 21.6 Å². The molecule has 0 bridgehead atoms. The topological polar surface area (TPSA) is 69.4 Å². The predicted octanol–water partition coefficient (Wildman–Crippen LogP) is 2.06. The van der Waals surface area contributed by atoms with Gasteiger partial charge < -0.3 is 8.60 Å². The van der Waals surface area contributed by atoms with Crippen LogP contribution in [-0.2, 0) is 10.1 Å². The minimum Gasteiger partial charge on any atom is -0.408 e. The summed E-state index contributed by atoms with van der Waals surface area (Å²) in [5, 5.41) is 0. The maximum Gasteiger partial charge on any atom is 0.534 e. The van der Waals surface area contributed by atoms with Crippen LogP contribution in [0.15, 0.2) is 28.7 Å². The number of nitrogens with zero attached hydrogens (tertiary/aromatic N) is 1. The molecule has 1 aromatic heterocycles. The number of oxazole rings is 1. The fourth-order valence-corrected chi connectivity index (χ4v) is 1.38. The standard InChI is InChI=1S/C8H4F3NO4S/c9-8(10,11)17(13,14)16-7-12-5-3-1-2-4-6(5)15-7/h1-4H. The summed E-state index contributed by atoms with van der Waals surface area (Å²) in [6.45, 7) is 0. The summed E-state index contributed by atoms with van der Waals surface area (Å²) in [6, 6.07) is 5.96. The number of benzene rings is 1. The third-order valence-corrected chi connectivity index (χ3v) is 2.67. The molecule has 1 aromatic carbocycles. The highest BCUT2D eigenvalue weighted by Crippen LogP contribution is 2.28. The molecule has 92 valence electrons. The van der Waals surface area contributed by atoms with Crippen molar-refractivity contribution < 1.29 is 30.2 Å². The summed E-state index contributed by atoms with van der Waals surface area (Å²) in [5.41, 5.74) is -5.20. The van der Waals surface area contributed by atoms with Gasteiger partial charge in [0, 0.05) is 0 Å². The van der Waals surface area contributed by atoms with E-state index in [4.69, 9.17) is 0 Å². The molecule has 0 spiro atoms. The van der Waals surface area contributed by atoms with Crippen molar-refractivity contribution in [2.24, 2.45) is 0 Å². The van der Waals surface area contributed by atoms with Gasteiger partial charge in [-0.3, -0.25) is 0 Å². The van der Waals surface area contributed by atoms with Crippen LogP contribution in [0, 0.1) is 0 Å². The average Bonchev–Trinajstić information content (AvgIpc) is 2.56. The Morgan fingerprint density at radius 3 is 2.47 bits per heavy atom. The molecule has 9 heteroatoms. The summed E-state index contributed by atoms with van der Waals surface area (Å²) in [5.74, 6) is 0. The Hall–Kier alpha value is -1.77. The van der Waals surface area contributed by atoms with E-state index in [0.29, 0.717) is 0 Å². The maximum atomic E-state index is 12.0. The van der Waals surface area contributed by atoms with Gasteiger partial charge in [-0.05, 0) is 12.1 Å². The van der Waals surface area contributed by atoms with Crippen molar-refractivity contribution in [3.63, 3.8) is 0 Å². The molecule has 17 heavy (non-hydrogen) atoms. The summed E-state index contributed by atoms with van der Waals surface area (Å²) in [6.07, 6.45) is -0.969. The van der Waals surface area contributed by atoms with E-state index >= 15 is 0 Å². The predicted molar refractivity (Wildman–Crippen MR) is 49.6 cm³/mol. The third kappa shape index (κ3) is 2.18. The van der Waals surface area contributed by atoms with E-state index < -0.39 is 21.7 Å². The fraction of sp³-hybridized carbons (Fsp3) is 0.125. The van der Waals surface area contributed by atoms with Gasteiger partial charge in [0.1, 0.15) is 5.52 Å². The number of halogens is 3. The van der Waals surface area contributed by atoms with E-state index in [-0.39, 0.29) is 11.1 Å². The fourth-order valence-electron chi connectivity index (χ4n) is 1.03. The van der Waals surface area contributed by atoms with E-state index in [1.54, 1.807) is 12.1 Å². The zero-order valence-electron chi connectivity index (χ0n) is 7.93. The SMILES string of the molecule is O=S(=O)(Oc1nc2ccccc2o1)C(F)(F)F. The van der Waals surface area contributed by atoms with Crippen LogP contribution in [0.2, 0.25) is 0 Å². The molecule has 0 saturated carbocycles. The molecule has 0 unspecified atom stereocenters. The van der Waals surface area contributed by atoms with E-state index in [0.717, 1.165) is 0 Å². The van der Waals surface area contributed by atoms with Gasteiger partial charge in [0.25, 0.3) is 0 Å². The summed E-state index contributed by atoms with van der Waals surface area (Å²) >= 11 is 0. The maximum absolute atomic E-state index is 12.0. The van der Waals surface area contributed by atoms with Crippen molar-refractivity contribution in [1.29, 1.82) is 0 Å². The van der Waals surface area contributed by atoms with Crippen LogP contribution in [0.3, 0.4) is 0 Å².